The van der Waals surface area contributed by atoms with Crippen molar-refractivity contribution in [3.05, 3.63) is 54.6 Å². The summed E-state index contributed by atoms with van der Waals surface area (Å²) in [6, 6.07) is 19.3. The Morgan fingerprint density at radius 2 is 1.80 bits per heavy atom. The minimum absolute atomic E-state index is 0.268. The molecule has 0 amide bonds. The zero-order valence-corrected chi connectivity index (χ0v) is 20.3. The van der Waals surface area contributed by atoms with E-state index in [4.69, 9.17) is 9.97 Å². The highest BCUT2D eigenvalue weighted by Crippen LogP contribution is 2.36. The second-order valence-corrected chi connectivity index (χ2v) is 10.1. The van der Waals surface area contributed by atoms with Crippen molar-refractivity contribution in [3.8, 4) is 16.9 Å². The van der Waals surface area contributed by atoms with Gasteiger partial charge in [-0.25, -0.2) is 4.98 Å². The molecule has 4 aromatic rings. The van der Waals surface area contributed by atoms with Gasteiger partial charge in [0.2, 0.25) is 5.95 Å². The highest BCUT2D eigenvalue weighted by Gasteiger charge is 2.33. The fourth-order valence-corrected chi connectivity index (χ4v) is 5.50. The molecule has 0 radical (unpaired) electrons. The van der Waals surface area contributed by atoms with Gasteiger partial charge in [0.1, 0.15) is 11.6 Å². The number of phenols is 1. The van der Waals surface area contributed by atoms with Gasteiger partial charge in [0.15, 0.2) is 0 Å². The zero-order chi connectivity index (χ0) is 23.9. The summed E-state index contributed by atoms with van der Waals surface area (Å²) in [6.45, 7) is 3.63. The van der Waals surface area contributed by atoms with Crippen LogP contribution < -0.4 is 15.5 Å². The Morgan fingerprint density at radius 3 is 2.60 bits per heavy atom. The van der Waals surface area contributed by atoms with Gasteiger partial charge in [-0.3, -0.25) is 0 Å². The summed E-state index contributed by atoms with van der Waals surface area (Å²) in [6.07, 6.45) is 2.46. The summed E-state index contributed by atoms with van der Waals surface area (Å²) in [4.78, 5) is 14.5. The lowest BCUT2D eigenvalue weighted by atomic mass is 9.97. The maximum absolute atomic E-state index is 10.4. The number of benzene rings is 3. The van der Waals surface area contributed by atoms with Gasteiger partial charge in [-0.1, -0.05) is 30.3 Å². The van der Waals surface area contributed by atoms with Crippen LogP contribution in [0, 0.1) is 0 Å². The second-order valence-electron chi connectivity index (χ2n) is 10.1. The topological polar surface area (TPSA) is 76.5 Å². The number of phenolic OH excluding ortho intramolecular Hbond substituents is 1. The molecule has 180 valence electrons. The predicted molar refractivity (Wildman–Crippen MR) is 143 cm³/mol. The van der Waals surface area contributed by atoms with E-state index in [1.54, 1.807) is 0 Å². The Bertz CT molecular complexity index is 1380. The molecular formula is C28H32N6O. The van der Waals surface area contributed by atoms with E-state index in [0.717, 1.165) is 64.8 Å². The highest BCUT2D eigenvalue weighted by atomic mass is 16.3. The van der Waals surface area contributed by atoms with Crippen LogP contribution in [-0.2, 0) is 0 Å². The van der Waals surface area contributed by atoms with Crippen LogP contribution in [0.5, 0.6) is 5.75 Å². The summed E-state index contributed by atoms with van der Waals surface area (Å²) < 4.78 is 0. The van der Waals surface area contributed by atoms with Crippen molar-refractivity contribution in [2.45, 2.75) is 24.9 Å². The first-order chi connectivity index (χ1) is 17.0. The molecule has 2 aliphatic rings. The van der Waals surface area contributed by atoms with Crippen LogP contribution in [0.15, 0.2) is 54.6 Å². The Balaban J connectivity index is 1.45. The average Bonchev–Trinajstić information content (AvgIpc) is 3.19. The van der Waals surface area contributed by atoms with Crippen LogP contribution in [0.4, 0.5) is 11.8 Å². The van der Waals surface area contributed by atoms with E-state index in [0.29, 0.717) is 18.0 Å². The molecule has 3 N–H and O–H groups in total. The third-order valence-electron chi connectivity index (χ3n) is 7.19. The number of hydrogen-bond donors (Lipinski definition) is 3. The molecular weight excluding hydrogens is 436 g/mol. The molecule has 35 heavy (non-hydrogen) atoms. The van der Waals surface area contributed by atoms with Crippen molar-refractivity contribution in [1.82, 2.24) is 20.2 Å². The van der Waals surface area contributed by atoms with Crippen molar-refractivity contribution >= 4 is 33.4 Å². The molecule has 3 heterocycles. The van der Waals surface area contributed by atoms with Gasteiger partial charge in [-0.2, -0.15) is 4.98 Å². The molecule has 0 spiro atoms. The van der Waals surface area contributed by atoms with E-state index in [1.807, 2.05) is 30.3 Å². The molecule has 6 rings (SSSR count). The van der Waals surface area contributed by atoms with Gasteiger partial charge >= 0.3 is 0 Å². The quantitative estimate of drug-likeness (QED) is 0.394. The van der Waals surface area contributed by atoms with E-state index < -0.39 is 0 Å². The van der Waals surface area contributed by atoms with Crippen LogP contribution in [0.1, 0.15) is 12.8 Å². The molecule has 1 aromatic heterocycles. The Labute approximate surface area is 205 Å². The molecule has 0 aliphatic carbocycles. The molecule has 0 saturated carbocycles. The fourth-order valence-electron chi connectivity index (χ4n) is 5.50. The van der Waals surface area contributed by atoms with Crippen molar-refractivity contribution < 1.29 is 5.11 Å². The van der Waals surface area contributed by atoms with Crippen LogP contribution in [-0.4, -0.2) is 72.3 Å². The average molecular weight is 469 g/mol. The number of rotatable bonds is 6. The summed E-state index contributed by atoms with van der Waals surface area (Å²) in [5.74, 6) is 1.94. The minimum Gasteiger partial charge on any atom is -0.508 e. The minimum atomic E-state index is 0.268. The van der Waals surface area contributed by atoms with Crippen molar-refractivity contribution in [3.63, 3.8) is 0 Å². The van der Waals surface area contributed by atoms with Crippen molar-refractivity contribution in [2.75, 3.05) is 50.5 Å². The summed E-state index contributed by atoms with van der Waals surface area (Å²) in [7, 11) is 4.13. The number of anilines is 2. The monoisotopic (exact) mass is 468 g/mol. The van der Waals surface area contributed by atoms with Gasteiger partial charge in [0.05, 0.1) is 5.52 Å². The van der Waals surface area contributed by atoms with Gasteiger partial charge in [-0.15, -0.1) is 0 Å². The Morgan fingerprint density at radius 1 is 1.00 bits per heavy atom. The number of fused-ring (bicyclic) bond motifs is 4. The van der Waals surface area contributed by atoms with Gasteiger partial charge in [0.25, 0.3) is 0 Å². The van der Waals surface area contributed by atoms with E-state index in [2.05, 4.69) is 58.8 Å². The van der Waals surface area contributed by atoms with Crippen LogP contribution in [0.25, 0.3) is 32.8 Å². The standard InChI is InChI=1S/C28H32N6O/c1-33(2)12-11-29-28-31-26-14-19(25-15-22(35)13-18-5-3-4-6-23(18)25)7-10-24(26)27(32-28)34-16-20-8-9-21(17-34)30-20/h3-7,10,13-15,20-21,30,35H,8-9,11-12,16-17H2,1-2H3,(H,29,31,32). The smallest absolute Gasteiger partial charge is 0.225 e. The molecule has 2 aliphatic heterocycles. The molecule has 2 fully saturated rings. The van der Waals surface area contributed by atoms with Crippen LogP contribution in [0.3, 0.4) is 0 Å². The number of aromatic nitrogens is 2. The SMILES string of the molecule is CN(C)CCNc1nc(N2CC3CCC(C2)N3)c2ccc(-c3cc(O)cc4ccccc34)cc2n1. The van der Waals surface area contributed by atoms with Crippen molar-refractivity contribution in [1.29, 1.82) is 0 Å². The summed E-state index contributed by atoms with van der Waals surface area (Å²) >= 11 is 0. The van der Waals surface area contributed by atoms with Gasteiger partial charge in [-0.05, 0) is 73.1 Å². The van der Waals surface area contributed by atoms with E-state index in [1.165, 1.54) is 12.8 Å². The van der Waals surface area contributed by atoms with Crippen LogP contribution in [0.2, 0.25) is 0 Å². The van der Waals surface area contributed by atoms with E-state index >= 15 is 0 Å². The maximum atomic E-state index is 10.4. The Hall–Kier alpha value is -3.42. The first-order valence-corrected chi connectivity index (χ1v) is 12.5. The number of likely N-dealkylation sites (N-methyl/N-ethyl adjacent to an activating group) is 1. The maximum Gasteiger partial charge on any atom is 0.225 e. The molecule has 7 heteroatoms. The lowest BCUT2D eigenvalue weighted by Crippen LogP contribution is -2.51. The van der Waals surface area contributed by atoms with Crippen LogP contribution >= 0.6 is 0 Å². The third-order valence-corrected chi connectivity index (χ3v) is 7.19. The molecule has 2 bridgehead atoms. The summed E-state index contributed by atoms with van der Waals surface area (Å²) in [5, 5.41) is 20.8. The molecule has 2 unspecified atom stereocenters. The first kappa shape index (κ1) is 22.1. The summed E-state index contributed by atoms with van der Waals surface area (Å²) in [5.41, 5.74) is 2.96. The number of piperazine rings is 1. The molecule has 2 saturated heterocycles. The lowest BCUT2D eigenvalue weighted by molar-refractivity contribution is 0.425. The number of nitrogens with one attached hydrogen (secondary N) is 2. The predicted octanol–water partition coefficient (Wildman–Crippen LogP) is 4.07. The third kappa shape index (κ3) is 4.37. The normalized spacial score (nSPS) is 19.7. The molecule has 2 atom stereocenters. The number of nitrogens with zero attached hydrogens (tertiary/aromatic N) is 4. The number of aromatic hydroxyl groups is 1. The Kier molecular flexibility index (Phi) is 5.66. The first-order valence-electron chi connectivity index (χ1n) is 12.5. The molecule has 3 aromatic carbocycles. The number of hydrogen-bond acceptors (Lipinski definition) is 7. The van der Waals surface area contributed by atoms with Crippen molar-refractivity contribution in [2.24, 2.45) is 0 Å². The molecule has 7 nitrogen and oxygen atoms in total. The fraction of sp³-hybridized carbons (Fsp3) is 0.357. The zero-order valence-electron chi connectivity index (χ0n) is 20.3. The second kappa shape index (κ2) is 8.98. The van der Waals surface area contributed by atoms with Gasteiger partial charge < -0.3 is 25.5 Å². The lowest BCUT2D eigenvalue weighted by Gasteiger charge is -2.34. The van der Waals surface area contributed by atoms with E-state index in [-0.39, 0.29) is 5.75 Å². The highest BCUT2D eigenvalue weighted by molar-refractivity contribution is 6.01. The van der Waals surface area contributed by atoms with Gasteiger partial charge in [0, 0.05) is 43.6 Å². The largest absolute Gasteiger partial charge is 0.508 e. The van der Waals surface area contributed by atoms with E-state index in [9.17, 15) is 5.11 Å².